The minimum absolute atomic E-state index is 0.115. The van der Waals surface area contributed by atoms with Crippen LogP contribution in [-0.4, -0.2) is 27.6 Å². The number of anilines is 2. The number of methoxy groups -OCH3 is 2. The van der Waals surface area contributed by atoms with Crippen molar-refractivity contribution in [2.75, 3.05) is 24.3 Å². The van der Waals surface area contributed by atoms with Crippen LogP contribution in [0.3, 0.4) is 0 Å². The molecule has 0 radical (unpaired) electrons. The predicted molar refractivity (Wildman–Crippen MR) is 113 cm³/mol. The number of nitrogen functional groups attached to an aromatic ring is 1. The van der Waals surface area contributed by atoms with Gasteiger partial charge in [0.25, 0.3) is 10.0 Å². The van der Waals surface area contributed by atoms with Crippen molar-refractivity contribution < 1.29 is 26.7 Å². The van der Waals surface area contributed by atoms with E-state index in [9.17, 15) is 17.2 Å². The lowest BCUT2D eigenvalue weighted by atomic mass is 10.2. The molecule has 31 heavy (non-hydrogen) atoms. The highest BCUT2D eigenvalue weighted by Gasteiger charge is 2.31. The molecular formula is C21H21F2N3O4S. The van der Waals surface area contributed by atoms with Gasteiger partial charge < -0.3 is 15.2 Å². The smallest absolute Gasteiger partial charge is 0.268 e. The number of hydrogen-bond acceptors (Lipinski definition) is 6. The van der Waals surface area contributed by atoms with E-state index in [1.54, 1.807) is 25.1 Å². The van der Waals surface area contributed by atoms with E-state index in [1.165, 1.54) is 26.4 Å². The molecule has 0 spiro atoms. The number of ether oxygens (including phenoxy) is 2. The Morgan fingerprint density at radius 3 is 2.45 bits per heavy atom. The number of halogens is 2. The van der Waals surface area contributed by atoms with Crippen LogP contribution in [0.5, 0.6) is 11.5 Å². The van der Waals surface area contributed by atoms with Gasteiger partial charge in [-0.3, -0.25) is 0 Å². The van der Waals surface area contributed by atoms with Crippen molar-refractivity contribution in [3.05, 3.63) is 71.4 Å². The summed E-state index contributed by atoms with van der Waals surface area (Å²) in [5, 5.41) is 0. The number of aryl methyl sites for hydroxylation is 1. The van der Waals surface area contributed by atoms with Gasteiger partial charge in [-0.1, -0.05) is 6.07 Å². The normalized spacial score (nSPS) is 11.3. The summed E-state index contributed by atoms with van der Waals surface area (Å²) in [6, 6.07) is 10.6. The highest BCUT2D eigenvalue weighted by atomic mass is 32.2. The predicted octanol–water partition coefficient (Wildman–Crippen LogP) is 3.66. The molecule has 0 unspecified atom stereocenters. The van der Waals surface area contributed by atoms with E-state index in [-0.39, 0.29) is 18.1 Å². The van der Waals surface area contributed by atoms with Crippen molar-refractivity contribution in [3.63, 3.8) is 0 Å². The quantitative estimate of drug-likeness (QED) is 0.437. The fourth-order valence-electron chi connectivity index (χ4n) is 2.95. The molecule has 0 bridgehead atoms. The van der Waals surface area contributed by atoms with E-state index in [2.05, 4.69) is 4.98 Å². The first kappa shape index (κ1) is 22.3. The largest absolute Gasteiger partial charge is 0.497 e. The second kappa shape index (κ2) is 8.76. The van der Waals surface area contributed by atoms with E-state index >= 15 is 0 Å². The van der Waals surface area contributed by atoms with Crippen LogP contribution in [0, 0.1) is 18.7 Å². The molecule has 0 saturated heterocycles. The Kier molecular flexibility index (Phi) is 6.30. The van der Waals surface area contributed by atoms with Crippen LogP contribution in [0.25, 0.3) is 0 Å². The summed E-state index contributed by atoms with van der Waals surface area (Å²) in [5.41, 5.74) is 6.62. The Morgan fingerprint density at radius 1 is 1.06 bits per heavy atom. The molecule has 3 aromatic rings. The van der Waals surface area contributed by atoms with Gasteiger partial charge in [0.2, 0.25) is 5.95 Å². The highest BCUT2D eigenvalue weighted by molar-refractivity contribution is 7.92. The first-order valence-corrected chi connectivity index (χ1v) is 10.5. The highest BCUT2D eigenvalue weighted by Crippen LogP contribution is 2.32. The number of pyridine rings is 1. The summed E-state index contributed by atoms with van der Waals surface area (Å²) >= 11 is 0. The molecule has 0 saturated carbocycles. The Balaban J connectivity index is 2.18. The average molecular weight is 449 g/mol. The van der Waals surface area contributed by atoms with Gasteiger partial charge >= 0.3 is 0 Å². The van der Waals surface area contributed by atoms with E-state index in [0.29, 0.717) is 22.6 Å². The summed E-state index contributed by atoms with van der Waals surface area (Å²) in [6.45, 7) is 1.26. The molecule has 2 N–H and O–H groups in total. The van der Waals surface area contributed by atoms with Gasteiger partial charge in [0.05, 0.1) is 20.8 Å². The summed E-state index contributed by atoms with van der Waals surface area (Å²) in [6.07, 6.45) is 0. The van der Waals surface area contributed by atoms with Crippen molar-refractivity contribution in [3.8, 4) is 11.5 Å². The summed E-state index contributed by atoms with van der Waals surface area (Å²) < 4.78 is 66.7. The summed E-state index contributed by atoms with van der Waals surface area (Å²) in [4.78, 5) is 3.09. The maximum absolute atomic E-state index is 14.6. The Labute approximate surface area is 179 Å². The minimum atomic E-state index is -4.49. The third kappa shape index (κ3) is 4.53. The zero-order valence-electron chi connectivity index (χ0n) is 17.1. The molecular weight excluding hydrogens is 428 g/mol. The first-order chi connectivity index (χ1) is 14.7. The van der Waals surface area contributed by atoms with Gasteiger partial charge in [0, 0.05) is 17.3 Å². The van der Waals surface area contributed by atoms with Crippen LogP contribution in [0.15, 0.2) is 53.4 Å². The zero-order chi connectivity index (χ0) is 22.8. The number of nitrogens with two attached hydrogens (primary N) is 1. The number of nitrogens with zero attached hydrogens (tertiary/aromatic N) is 2. The molecule has 0 atom stereocenters. The second-order valence-corrected chi connectivity index (χ2v) is 8.48. The lowest BCUT2D eigenvalue weighted by Gasteiger charge is -2.25. The van der Waals surface area contributed by atoms with Crippen molar-refractivity contribution >= 4 is 21.5 Å². The maximum Gasteiger partial charge on any atom is 0.268 e. The van der Waals surface area contributed by atoms with Gasteiger partial charge in [0.1, 0.15) is 28.0 Å². The topological polar surface area (TPSA) is 94.8 Å². The number of sulfonamides is 1. The molecule has 0 aliphatic rings. The molecule has 1 heterocycles. The molecule has 10 heteroatoms. The van der Waals surface area contributed by atoms with Crippen LogP contribution < -0.4 is 19.5 Å². The standard InChI is InChI=1S/C21H21F2N3O4S/c1-13-9-19(16(22)11-17(13)24)31(27,28)26(21-6-4-5-20(23)25-21)12-14-7-8-15(29-2)10-18(14)30-3/h4-11H,12,24H2,1-3H3. The van der Waals surface area contributed by atoms with Crippen LogP contribution in [0.4, 0.5) is 20.3 Å². The Bertz CT molecular complexity index is 1220. The molecule has 1 aromatic heterocycles. The zero-order valence-corrected chi connectivity index (χ0v) is 17.9. The number of aromatic nitrogens is 1. The van der Waals surface area contributed by atoms with Crippen LogP contribution in [0.1, 0.15) is 11.1 Å². The molecule has 0 fully saturated rings. The summed E-state index contributed by atoms with van der Waals surface area (Å²) in [5.74, 6) is -1.28. The van der Waals surface area contributed by atoms with Gasteiger partial charge in [-0.25, -0.2) is 22.1 Å². The Hall–Kier alpha value is -3.40. The third-order valence-electron chi connectivity index (χ3n) is 4.65. The fraction of sp³-hybridized carbons (Fsp3) is 0.190. The van der Waals surface area contributed by atoms with Gasteiger partial charge in [-0.15, -0.1) is 0 Å². The van der Waals surface area contributed by atoms with Crippen molar-refractivity contribution in [2.45, 2.75) is 18.4 Å². The lowest BCUT2D eigenvalue weighted by molar-refractivity contribution is 0.391. The van der Waals surface area contributed by atoms with Gasteiger partial charge in [-0.2, -0.15) is 4.39 Å². The average Bonchev–Trinajstić information content (AvgIpc) is 2.74. The molecule has 2 aromatic carbocycles. The minimum Gasteiger partial charge on any atom is -0.497 e. The van der Waals surface area contributed by atoms with E-state index in [4.69, 9.17) is 15.2 Å². The molecule has 3 rings (SSSR count). The van der Waals surface area contributed by atoms with Crippen LogP contribution in [0.2, 0.25) is 0 Å². The third-order valence-corrected chi connectivity index (χ3v) is 6.42. The Morgan fingerprint density at radius 2 is 1.81 bits per heavy atom. The molecule has 0 aliphatic heterocycles. The first-order valence-electron chi connectivity index (χ1n) is 9.09. The van der Waals surface area contributed by atoms with Gasteiger partial charge in [0.15, 0.2) is 0 Å². The van der Waals surface area contributed by atoms with E-state index in [1.807, 2.05) is 0 Å². The van der Waals surface area contributed by atoms with Crippen LogP contribution in [-0.2, 0) is 16.6 Å². The fourth-order valence-corrected chi connectivity index (χ4v) is 4.48. The maximum atomic E-state index is 14.6. The SMILES string of the molecule is COc1ccc(CN(c2cccc(F)n2)S(=O)(=O)c2cc(C)c(N)cc2F)c(OC)c1. The van der Waals surface area contributed by atoms with Crippen molar-refractivity contribution in [2.24, 2.45) is 0 Å². The second-order valence-electron chi connectivity index (χ2n) is 6.65. The van der Waals surface area contributed by atoms with Crippen molar-refractivity contribution in [1.29, 1.82) is 0 Å². The summed E-state index contributed by atoms with van der Waals surface area (Å²) in [7, 11) is -1.60. The molecule has 7 nitrogen and oxygen atoms in total. The molecule has 0 amide bonds. The molecule has 0 aliphatic carbocycles. The van der Waals surface area contributed by atoms with Gasteiger partial charge in [-0.05, 0) is 48.9 Å². The van der Waals surface area contributed by atoms with Crippen LogP contribution >= 0.6 is 0 Å². The lowest BCUT2D eigenvalue weighted by Crippen LogP contribution is -2.32. The monoisotopic (exact) mass is 449 g/mol. The van der Waals surface area contributed by atoms with Crippen molar-refractivity contribution in [1.82, 2.24) is 4.98 Å². The number of rotatable bonds is 7. The van der Waals surface area contributed by atoms with E-state index in [0.717, 1.165) is 22.5 Å². The molecule has 164 valence electrons. The number of hydrogen-bond donors (Lipinski definition) is 1. The number of benzene rings is 2. The van der Waals surface area contributed by atoms with E-state index < -0.39 is 26.7 Å².